The Bertz CT molecular complexity index is 960. The molecule has 31 heavy (non-hydrogen) atoms. The normalized spacial score (nSPS) is 14.0. The number of nitrogens with zero attached hydrogens (tertiary/aromatic N) is 1. The highest BCUT2D eigenvalue weighted by molar-refractivity contribution is 6.30. The van der Waals surface area contributed by atoms with E-state index in [2.05, 4.69) is 0 Å². The smallest absolute Gasteiger partial charge is 0.336 e. The van der Waals surface area contributed by atoms with Gasteiger partial charge in [-0.05, 0) is 49.2 Å². The van der Waals surface area contributed by atoms with Crippen LogP contribution in [-0.4, -0.2) is 35.2 Å². The first kappa shape index (κ1) is 22.4. The van der Waals surface area contributed by atoms with E-state index in [1.54, 1.807) is 55.4 Å². The zero-order chi connectivity index (χ0) is 22.4. The molecule has 2 aromatic rings. The number of phenols is 1. The number of halogens is 1. The molecule has 1 aliphatic rings. The molecule has 6 nitrogen and oxygen atoms in total. The highest BCUT2D eigenvalue weighted by atomic mass is 35.5. The fraction of sp³-hybridized carbons (Fsp3) is 0.250. The topological polar surface area (TPSA) is 76.1 Å². The van der Waals surface area contributed by atoms with Gasteiger partial charge in [0.2, 0.25) is 0 Å². The first-order valence-electron chi connectivity index (χ1n) is 9.99. The average molecular weight is 442 g/mol. The minimum Gasteiger partial charge on any atom is -0.508 e. The van der Waals surface area contributed by atoms with Crippen LogP contribution in [0.2, 0.25) is 5.02 Å². The number of aromatic hydroxyl groups is 1. The van der Waals surface area contributed by atoms with Crippen LogP contribution in [-0.2, 0) is 25.6 Å². The van der Waals surface area contributed by atoms with Crippen molar-refractivity contribution in [3.63, 3.8) is 0 Å². The van der Waals surface area contributed by atoms with Gasteiger partial charge in [0.15, 0.2) is 0 Å². The fourth-order valence-corrected chi connectivity index (χ4v) is 3.52. The van der Waals surface area contributed by atoms with Crippen LogP contribution in [0.15, 0.2) is 72.1 Å². The standard InChI is InChI=1S/C24H24ClNO5/c1-3-30-23(28)20-14-26(13-16-5-9-18(25)10-6-16)15-21(24(29)31-4-2)22(20)17-7-11-19(27)12-8-17/h5-12,14-15,22,27H,3-4,13H2,1-2H3. The molecular weight excluding hydrogens is 418 g/mol. The number of carbonyl (C=O) groups excluding carboxylic acids is 2. The van der Waals surface area contributed by atoms with Crippen LogP contribution in [0, 0.1) is 0 Å². The van der Waals surface area contributed by atoms with Gasteiger partial charge in [0.1, 0.15) is 5.75 Å². The Morgan fingerprint density at radius 3 is 1.90 bits per heavy atom. The summed E-state index contributed by atoms with van der Waals surface area (Å²) in [4.78, 5) is 27.5. The lowest BCUT2D eigenvalue weighted by molar-refractivity contribution is -0.139. The molecule has 162 valence electrons. The first-order chi connectivity index (χ1) is 14.9. The molecule has 0 atom stereocenters. The van der Waals surface area contributed by atoms with Gasteiger partial charge < -0.3 is 19.5 Å². The zero-order valence-corrected chi connectivity index (χ0v) is 18.1. The zero-order valence-electron chi connectivity index (χ0n) is 17.4. The van der Waals surface area contributed by atoms with E-state index >= 15 is 0 Å². The molecule has 0 spiro atoms. The maximum absolute atomic E-state index is 12.9. The molecule has 3 rings (SSSR count). The molecule has 0 amide bonds. The summed E-state index contributed by atoms with van der Waals surface area (Å²) in [5.41, 5.74) is 2.24. The predicted octanol–water partition coefficient (Wildman–Crippen LogP) is 4.54. The second-order valence-corrected chi connectivity index (χ2v) is 7.37. The van der Waals surface area contributed by atoms with Gasteiger partial charge >= 0.3 is 11.9 Å². The van der Waals surface area contributed by atoms with E-state index in [0.717, 1.165) is 5.56 Å². The predicted molar refractivity (Wildman–Crippen MR) is 117 cm³/mol. The van der Waals surface area contributed by atoms with Gasteiger partial charge in [0, 0.05) is 24.0 Å². The molecule has 0 unspecified atom stereocenters. The number of esters is 2. The van der Waals surface area contributed by atoms with E-state index in [-0.39, 0.29) is 19.0 Å². The van der Waals surface area contributed by atoms with Crippen molar-refractivity contribution in [1.82, 2.24) is 4.90 Å². The quantitative estimate of drug-likeness (QED) is 0.636. The first-order valence-corrected chi connectivity index (χ1v) is 10.4. The number of rotatable bonds is 7. The molecule has 0 aromatic heterocycles. The van der Waals surface area contributed by atoms with Crippen LogP contribution < -0.4 is 0 Å². The van der Waals surface area contributed by atoms with E-state index in [1.165, 1.54) is 12.1 Å². The molecule has 0 aliphatic carbocycles. The third-order valence-electron chi connectivity index (χ3n) is 4.76. The van der Waals surface area contributed by atoms with Crippen molar-refractivity contribution in [2.24, 2.45) is 0 Å². The van der Waals surface area contributed by atoms with Crippen molar-refractivity contribution in [2.45, 2.75) is 26.3 Å². The van der Waals surface area contributed by atoms with Crippen molar-refractivity contribution in [2.75, 3.05) is 13.2 Å². The molecule has 2 aromatic carbocycles. The van der Waals surface area contributed by atoms with E-state index < -0.39 is 17.9 Å². The highest BCUT2D eigenvalue weighted by Crippen LogP contribution is 2.38. The monoisotopic (exact) mass is 441 g/mol. The van der Waals surface area contributed by atoms with Crippen LogP contribution in [0.4, 0.5) is 0 Å². The van der Waals surface area contributed by atoms with Gasteiger partial charge in [-0.3, -0.25) is 0 Å². The summed E-state index contributed by atoms with van der Waals surface area (Å²) in [6.07, 6.45) is 3.37. The molecule has 1 N–H and O–H groups in total. The third-order valence-corrected chi connectivity index (χ3v) is 5.01. The number of hydrogen-bond acceptors (Lipinski definition) is 6. The van der Waals surface area contributed by atoms with Gasteiger partial charge in [0.25, 0.3) is 0 Å². The minimum absolute atomic E-state index is 0.0900. The van der Waals surface area contributed by atoms with Crippen LogP contribution in [0.5, 0.6) is 5.75 Å². The fourth-order valence-electron chi connectivity index (χ4n) is 3.40. The van der Waals surface area contributed by atoms with Gasteiger partial charge in [0.05, 0.1) is 30.3 Å². The SMILES string of the molecule is CCOC(=O)C1=CN(Cc2ccc(Cl)cc2)C=C(C(=O)OCC)C1c1ccc(O)cc1. The molecule has 0 fully saturated rings. The van der Waals surface area contributed by atoms with Crippen LogP contribution in [0.3, 0.4) is 0 Å². The molecular formula is C24H24ClNO5. The summed E-state index contributed by atoms with van der Waals surface area (Å²) in [6, 6.07) is 13.7. The lowest BCUT2D eigenvalue weighted by atomic mass is 9.83. The Morgan fingerprint density at radius 2 is 1.42 bits per heavy atom. The highest BCUT2D eigenvalue weighted by Gasteiger charge is 2.35. The Labute approximate surface area is 186 Å². The van der Waals surface area contributed by atoms with Crippen molar-refractivity contribution in [1.29, 1.82) is 0 Å². The molecule has 0 radical (unpaired) electrons. The second kappa shape index (κ2) is 10.2. The molecule has 0 saturated carbocycles. The van der Waals surface area contributed by atoms with Gasteiger partial charge in [-0.1, -0.05) is 35.9 Å². The summed E-state index contributed by atoms with van der Waals surface area (Å²) in [5.74, 6) is -1.62. The maximum atomic E-state index is 12.9. The van der Waals surface area contributed by atoms with E-state index in [4.69, 9.17) is 21.1 Å². The van der Waals surface area contributed by atoms with Gasteiger partial charge in [-0.25, -0.2) is 9.59 Å². The van der Waals surface area contributed by atoms with Crippen molar-refractivity contribution in [3.8, 4) is 5.75 Å². The van der Waals surface area contributed by atoms with Crippen molar-refractivity contribution < 1.29 is 24.2 Å². The summed E-state index contributed by atoms with van der Waals surface area (Å²) in [6.45, 7) is 4.28. The van der Waals surface area contributed by atoms with E-state index in [9.17, 15) is 14.7 Å². The number of ether oxygens (including phenoxy) is 2. The molecule has 7 heteroatoms. The molecule has 0 bridgehead atoms. The molecule has 1 heterocycles. The lowest BCUT2D eigenvalue weighted by Gasteiger charge is -2.30. The lowest BCUT2D eigenvalue weighted by Crippen LogP contribution is -2.29. The summed E-state index contributed by atoms with van der Waals surface area (Å²) in [7, 11) is 0. The van der Waals surface area contributed by atoms with Gasteiger partial charge in [-0.15, -0.1) is 0 Å². The number of carbonyl (C=O) groups is 2. The van der Waals surface area contributed by atoms with Crippen molar-refractivity contribution >= 4 is 23.5 Å². The average Bonchev–Trinajstić information content (AvgIpc) is 2.76. The second-order valence-electron chi connectivity index (χ2n) is 6.93. The summed E-state index contributed by atoms with van der Waals surface area (Å²) >= 11 is 5.97. The summed E-state index contributed by atoms with van der Waals surface area (Å²) in [5, 5.41) is 10.3. The third kappa shape index (κ3) is 5.47. The van der Waals surface area contributed by atoms with E-state index in [1.807, 2.05) is 12.1 Å². The number of hydrogen-bond donors (Lipinski definition) is 1. The van der Waals surface area contributed by atoms with E-state index in [0.29, 0.717) is 28.3 Å². The van der Waals surface area contributed by atoms with Crippen LogP contribution in [0.25, 0.3) is 0 Å². The molecule has 0 saturated heterocycles. The maximum Gasteiger partial charge on any atom is 0.336 e. The Balaban J connectivity index is 2.06. The minimum atomic E-state index is -0.680. The Hall–Kier alpha value is -3.25. The largest absolute Gasteiger partial charge is 0.508 e. The van der Waals surface area contributed by atoms with Crippen LogP contribution in [0.1, 0.15) is 30.9 Å². The Kier molecular flexibility index (Phi) is 7.36. The number of phenolic OH excluding ortho intramolecular Hbond substituents is 1. The summed E-state index contributed by atoms with van der Waals surface area (Å²) < 4.78 is 10.6. The van der Waals surface area contributed by atoms with Gasteiger partial charge in [-0.2, -0.15) is 0 Å². The Morgan fingerprint density at radius 1 is 0.903 bits per heavy atom. The van der Waals surface area contributed by atoms with Crippen LogP contribution >= 0.6 is 11.6 Å². The number of benzene rings is 2. The molecule has 1 aliphatic heterocycles. The van der Waals surface area contributed by atoms with Crippen molar-refractivity contribution in [3.05, 3.63) is 88.2 Å².